The van der Waals surface area contributed by atoms with E-state index in [-0.39, 0.29) is 0 Å². The highest BCUT2D eigenvalue weighted by Gasteiger charge is 2.19. The normalized spacial score (nSPS) is 17.5. The predicted molar refractivity (Wildman–Crippen MR) is 67.8 cm³/mol. The highest BCUT2D eigenvalue weighted by Crippen LogP contribution is 2.28. The number of H-pyrrole nitrogens is 1. The van der Waals surface area contributed by atoms with Crippen molar-refractivity contribution in [1.29, 1.82) is 0 Å². The SMILES string of the molecule is Cn1nc(-c2cc[nH]c2)cc1C1CCNCC1. The number of nitrogens with one attached hydrogen (secondary N) is 2. The van der Waals surface area contributed by atoms with E-state index in [4.69, 9.17) is 0 Å². The van der Waals surface area contributed by atoms with E-state index < -0.39 is 0 Å². The zero-order valence-corrected chi connectivity index (χ0v) is 10.1. The fourth-order valence-electron chi connectivity index (χ4n) is 2.61. The molecule has 1 fully saturated rings. The number of rotatable bonds is 2. The number of piperidine rings is 1. The molecule has 3 rings (SSSR count). The Labute approximate surface area is 101 Å². The van der Waals surface area contributed by atoms with Gasteiger partial charge >= 0.3 is 0 Å². The molecule has 90 valence electrons. The Kier molecular flexibility index (Phi) is 2.73. The van der Waals surface area contributed by atoms with E-state index in [1.54, 1.807) is 0 Å². The number of hydrogen-bond acceptors (Lipinski definition) is 2. The number of nitrogens with zero attached hydrogens (tertiary/aromatic N) is 2. The van der Waals surface area contributed by atoms with E-state index in [1.807, 2.05) is 24.1 Å². The molecule has 2 aromatic heterocycles. The summed E-state index contributed by atoms with van der Waals surface area (Å²) in [5.41, 5.74) is 3.60. The average Bonchev–Trinajstić information content (AvgIpc) is 2.99. The number of aromatic amines is 1. The van der Waals surface area contributed by atoms with Crippen molar-refractivity contribution < 1.29 is 0 Å². The maximum Gasteiger partial charge on any atom is 0.0941 e. The van der Waals surface area contributed by atoms with E-state index in [0.717, 1.165) is 18.8 Å². The number of hydrogen-bond donors (Lipinski definition) is 2. The van der Waals surface area contributed by atoms with Gasteiger partial charge in [-0.1, -0.05) is 0 Å². The van der Waals surface area contributed by atoms with E-state index in [1.165, 1.54) is 24.1 Å². The molecule has 0 aromatic carbocycles. The van der Waals surface area contributed by atoms with Crippen LogP contribution in [0.5, 0.6) is 0 Å². The molecule has 0 bridgehead atoms. The van der Waals surface area contributed by atoms with Crippen LogP contribution in [0.4, 0.5) is 0 Å². The molecule has 0 spiro atoms. The molecule has 4 nitrogen and oxygen atoms in total. The number of aromatic nitrogens is 3. The highest BCUT2D eigenvalue weighted by atomic mass is 15.3. The zero-order chi connectivity index (χ0) is 11.7. The lowest BCUT2D eigenvalue weighted by Crippen LogP contribution is -2.27. The summed E-state index contributed by atoms with van der Waals surface area (Å²) in [6.07, 6.45) is 6.36. The van der Waals surface area contributed by atoms with Gasteiger partial charge in [-0.15, -0.1) is 0 Å². The Morgan fingerprint density at radius 1 is 1.35 bits per heavy atom. The molecule has 2 aromatic rings. The smallest absolute Gasteiger partial charge is 0.0941 e. The van der Waals surface area contributed by atoms with Crippen molar-refractivity contribution in [2.24, 2.45) is 7.05 Å². The van der Waals surface area contributed by atoms with E-state index >= 15 is 0 Å². The Morgan fingerprint density at radius 3 is 2.88 bits per heavy atom. The summed E-state index contributed by atoms with van der Waals surface area (Å²) < 4.78 is 2.04. The summed E-state index contributed by atoms with van der Waals surface area (Å²) in [6, 6.07) is 4.30. The summed E-state index contributed by atoms with van der Waals surface area (Å²) in [5, 5.41) is 8.01. The maximum atomic E-state index is 4.60. The van der Waals surface area contributed by atoms with Crippen LogP contribution in [0.3, 0.4) is 0 Å². The first-order valence-corrected chi connectivity index (χ1v) is 6.22. The first-order valence-electron chi connectivity index (χ1n) is 6.22. The van der Waals surface area contributed by atoms with Gasteiger partial charge in [0.05, 0.1) is 5.69 Å². The first-order chi connectivity index (χ1) is 8.34. The van der Waals surface area contributed by atoms with E-state index in [9.17, 15) is 0 Å². The largest absolute Gasteiger partial charge is 0.367 e. The Bertz CT molecular complexity index is 477. The van der Waals surface area contributed by atoms with Gasteiger partial charge in [-0.25, -0.2) is 0 Å². The second-order valence-corrected chi connectivity index (χ2v) is 4.70. The van der Waals surface area contributed by atoms with E-state index in [0.29, 0.717) is 5.92 Å². The first kappa shape index (κ1) is 10.6. The molecule has 1 saturated heterocycles. The Hall–Kier alpha value is -1.55. The molecule has 0 amide bonds. The lowest BCUT2D eigenvalue weighted by atomic mass is 9.94. The van der Waals surface area contributed by atoms with Crippen LogP contribution in [0.1, 0.15) is 24.5 Å². The predicted octanol–water partition coefficient (Wildman–Crippen LogP) is 1.88. The molecule has 0 saturated carbocycles. The Balaban J connectivity index is 1.90. The van der Waals surface area contributed by atoms with Gasteiger partial charge < -0.3 is 10.3 Å². The van der Waals surface area contributed by atoms with Gasteiger partial charge in [0, 0.05) is 36.6 Å². The van der Waals surface area contributed by atoms with Crippen molar-refractivity contribution >= 4 is 0 Å². The topological polar surface area (TPSA) is 45.6 Å². The molecule has 2 N–H and O–H groups in total. The van der Waals surface area contributed by atoms with Gasteiger partial charge in [0.1, 0.15) is 0 Å². The second kappa shape index (κ2) is 4.37. The zero-order valence-electron chi connectivity index (χ0n) is 10.1. The lowest BCUT2D eigenvalue weighted by molar-refractivity contribution is 0.440. The lowest BCUT2D eigenvalue weighted by Gasteiger charge is -2.22. The van der Waals surface area contributed by atoms with Crippen LogP contribution in [0, 0.1) is 0 Å². The van der Waals surface area contributed by atoms with Crippen LogP contribution < -0.4 is 5.32 Å². The van der Waals surface area contributed by atoms with Gasteiger partial charge in [-0.05, 0) is 38.1 Å². The monoisotopic (exact) mass is 230 g/mol. The standard InChI is InChI=1S/C13H18N4/c1-17-13(10-2-5-14-6-3-10)8-12(16-17)11-4-7-15-9-11/h4,7-10,14-15H,2-3,5-6H2,1H3. The minimum absolute atomic E-state index is 0.654. The minimum Gasteiger partial charge on any atom is -0.367 e. The van der Waals surface area contributed by atoms with Crippen molar-refractivity contribution in [2.75, 3.05) is 13.1 Å². The molecule has 17 heavy (non-hydrogen) atoms. The Morgan fingerprint density at radius 2 is 2.18 bits per heavy atom. The molecule has 0 radical (unpaired) electrons. The summed E-state index contributed by atoms with van der Waals surface area (Å²) in [6.45, 7) is 2.24. The van der Waals surface area contributed by atoms with Gasteiger partial charge in [0.25, 0.3) is 0 Å². The fraction of sp³-hybridized carbons (Fsp3) is 0.462. The molecule has 3 heterocycles. The van der Waals surface area contributed by atoms with Crippen LogP contribution in [0.15, 0.2) is 24.5 Å². The van der Waals surface area contributed by atoms with Crippen LogP contribution in [0.25, 0.3) is 11.3 Å². The molecule has 0 aliphatic carbocycles. The van der Waals surface area contributed by atoms with Crippen LogP contribution in [-0.4, -0.2) is 27.9 Å². The minimum atomic E-state index is 0.654. The van der Waals surface area contributed by atoms with Gasteiger partial charge in [0.15, 0.2) is 0 Å². The average molecular weight is 230 g/mol. The summed E-state index contributed by atoms with van der Waals surface area (Å²) in [4.78, 5) is 3.08. The van der Waals surface area contributed by atoms with Crippen LogP contribution in [0.2, 0.25) is 0 Å². The van der Waals surface area contributed by atoms with Crippen LogP contribution in [-0.2, 0) is 7.05 Å². The quantitative estimate of drug-likeness (QED) is 0.827. The van der Waals surface area contributed by atoms with Crippen molar-refractivity contribution in [2.45, 2.75) is 18.8 Å². The molecule has 1 aliphatic heterocycles. The molecule has 0 unspecified atom stereocenters. The molecule has 0 atom stereocenters. The number of aryl methyl sites for hydroxylation is 1. The van der Waals surface area contributed by atoms with Crippen LogP contribution >= 0.6 is 0 Å². The fourth-order valence-corrected chi connectivity index (χ4v) is 2.61. The molecular weight excluding hydrogens is 212 g/mol. The van der Waals surface area contributed by atoms with Gasteiger partial charge in [0.2, 0.25) is 0 Å². The van der Waals surface area contributed by atoms with Crippen molar-refractivity contribution in [3.05, 3.63) is 30.2 Å². The molecular formula is C13H18N4. The summed E-state index contributed by atoms with van der Waals surface area (Å²) in [5.74, 6) is 0.654. The van der Waals surface area contributed by atoms with Crippen molar-refractivity contribution in [3.63, 3.8) is 0 Å². The summed E-state index contributed by atoms with van der Waals surface area (Å²) in [7, 11) is 2.05. The van der Waals surface area contributed by atoms with Gasteiger partial charge in [-0.3, -0.25) is 4.68 Å². The third-order valence-corrected chi connectivity index (χ3v) is 3.57. The molecule has 4 heteroatoms. The van der Waals surface area contributed by atoms with Gasteiger partial charge in [-0.2, -0.15) is 5.10 Å². The maximum absolute atomic E-state index is 4.60. The van der Waals surface area contributed by atoms with E-state index in [2.05, 4.69) is 27.5 Å². The second-order valence-electron chi connectivity index (χ2n) is 4.70. The third-order valence-electron chi connectivity index (χ3n) is 3.57. The summed E-state index contributed by atoms with van der Waals surface area (Å²) >= 11 is 0. The molecule has 1 aliphatic rings. The highest BCUT2D eigenvalue weighted by molar-refractivity contribution is 5.58. The van der Waals surface area contributed by atoms with Crippen molar-refractivity contribution in [1.82, 2.24) is 20.1 Å². The van der Waals surface area contributed by atoms with Crippen molar-refractivity contribution in [3.8, 4) is 11.3 Å². The third kappa shape index (κ3) is 2.00.